The summed E-state index contributed by atoms with van der Waals surface area (Å²) in [4.78, 5) is 48.9. The minimum absolute atomic E-state index is 0.0109. The molecule has 11 heteroatoms. The molecule has 0 spiro atoms. The van der Waals surface area contributed by atoms with Crippen LogP contribution in [0.4, 0.5) is 0 Å². The molecule has 2 aromatic rings. The fraction of sp³-hybridized carbons (Fsp3) is 0.512. The van der Waals surface area contributed by atoms with E-state index in [4.69, 9.17) is 14.9 Å². The van der Waals surface area contributed by atoms with Gasteiger partial charge in [0.1, 0.15) is 5.75 Å². The number of likely N-dealkylation sites (tertiary alicyclic amines) is 2. The summed E-state index contributed by atoms with van der Waals surface area (Å²) in [6.07, 6.45) is 15.7. The first kappa shape index (κ1) is 41.9. The molecule has 2 fully saturated rings. The number of carboxylic acids is 2. The number of hydrogen-bond acceptors (Lipinski definition) is 7. The summed E-state index contributed by atoms with van der Waals surface area (Å²) in [7, 11) is 1.59. The number of benzene rings is 2. The molecule has 2 aromatic carbocycles. The first-order valence-corrected chi connectivity index (χ1v) is 18.5. The third kappa shape index (κ3) is 15.0. The van der Waals surface area contributed by atoms with Gasteiger partial charge in [0.05, 0.1) is 31.4 Å². The lowest BCUT2D eigenvalue weighted by Crippen LogP contribution is -2.32. The minimum Gasteiger partial charge on any atom is -0.497 e. The first-order valence-electron chi connectivity index (χ1n) is 18.5. The highest BCUT2D eigenvalue weighted by molar-refractivity contribution is 5.79. The van der Waals surface area contributed by atoms with Crippen LogP contribution in [0.1, 0.15) is 113 Å². The van der Waals surface area contributed by atoms with Crippen LogP contribution in [0.25, 0.3) is 0 Å². The van der Waals surface area contributed by atoms with E-state index >= 15 is 0 Å². The zero-order valence-corrected chi connectivity index (χ0v) is 30.4. The van der Waals surface area contributed by atoms with Gasteiger partial charge in [0.25, 0.3) is 0 Å². The number of carbonyl (C=O) groups excluding carboxylic acids is 2. The predicted octanol–water partition coefficient (Wildman–Crippen LogP) is 6.61. The van der Waals surface area contributed by atoms with Crippen molar-refractivity contribution in [2.75, 3.05) is 20.2 Å². The maximum atomic E-state index is 12.1. The van der Waals surface area contributed by atoms with Gasteiger partial charge in [0.2, 0.25) is 11.8 Å². The number of aliphatic hydroxyl groups excluding tert-OH is 2. The van der Waals surface area contributed by atoms with Gasteiger partial charge in [-0.3, -0.25) is 19.2 Å². The second-order valence-corrected chi connectivity index (χ2v) is 13.3. The average Bonchev–Trinajstić information content (AvgIpc) is 3.69. The van der Waals surface area contributed by atoms with E-state index in [-0.39, 0.29) is 36.7 Å². The van der Waals surface area contributed by atoms with Crippen molar-refractivity contribution in [1.29, 1.82) is 0 Å². The quantitative estimate of drug-likeness (QED) is 0.0820. The maximum absolute atomic E-state index is 12.1. The normalized spacial score (nSPS) is 18.5. The summed E-state index contributed by atoms with van der Waals surface area (Å²) < 4.78 is 5.18. The lowest BCUT2D eigenvalue weighted by atomic mass is 10.1. The van der Waals surface area contributed by atoms with Gasteiger partial charge >= 0.3 is 11.9 Å². The largest absolute Gasteiger partial charge is 0.497 e. The highest BCUT2D eigenvalue weighted by Crippen LogP contribution is 2.25. The molecule has 2 unspecified atom stereocenters. The molecule has 2 heterocycles. The third-order valence-corrected chi connectivity index (χ3v) is 9.44. The van der Waals surface area contributed by atoms with Crippen molar-refractivity contribution in [3.05, 3.63) is 90.0 Å². The van der Waals surface area contributed by atoms with E-state index in [9.17, 15) is 29.4 Å². The van der Waals surface area contributed by atoms with Gasteiger partial charge in [-0.05, 0) is 61.8 Å². The summed E-state index contributed by atoms with van der Waals surface area (Å²) in [5.41, 5.74) is 1.59. The molecule has 2 aliphatic rings. The molecule has 0 aromatic heterocycles. The molecular formula is C41H56N2O9. The fourth-order valence-electron chi connectivity index (χ4n) is 6.48. The number of ether oxygens (including phenoxy) is 1. The number of hydrogen-bond donors (Lipinski definition) is 4. The van der Waals surface area contributed by atoms with Crippen LogP contribution in [0.2, 0.25) is 0 Å². The molecular weight excluding hydrogens is 664 g/mol. The number of aliphatic hydroxyl groups is 2. The van der Waals surface area contributed by atoms with Crippen LogP contribution < -0.4 is 4.74 Å². The number of methoxy groups -OCH3 is 1. The highest BCUT2D eigenvalue weighted by atomic mass is 16.5. The Balaban J connectivity index is 0.000000281. The van der Waals surface area contributed by atoms with Crippen LogP contribution in [0, 0.1) is 0 Å². The third-order valence-electron chi connectivity index (χ3n) is 9.44. The van der Waals surface area contributed by atoms with Crippen LogP contribution in [-0.4, -0.2) is 86.3 Å². The standard InChI is InChI=1S/C21H29NO5.C20H27NO4/c1-27-18-8-6-7-16(15-18)19(23)12-10-17-11-13-20(24)22(17)14-5-3-2-4-9-21(25)26;22-18(16-8-4-3-5-9-16)13-11-17-12-14-19(23)21(17)15-7-2-1-6-10-20(24)25/h6-8,10,12,15,17,19,23H,2-5,9,11,13-14H2,1H3,(H,25,26);3-5,8-9,11,13,17-18,22H,1-2,6-7,10,12,14-15H2,(H,24,25)/b12-10+;13-11+/t17-,19?;17-,18?/m00/s1. The van der Waals surface area contributed by atoms with Crippen LogP contribution >= 0.6 is 0 Å². The molecule has 0 aliphatic carbocycles. The second kappa shape index (κ2) is 23.2. The van der Waals surface area contributed by atoms with Gasteiger partial charge in [0.15, 0.2) is 0 Å². The summed E-state index contributed by atoms with van der Waals surface area (Å²) in [6, 6.07) is 16.8. The van der Waals surface area contributed by atoms with E-state index in [1.165, 1.54) is 0 Å². The monoisotopic (exact) mass is 720 g/mol. The second-order valence-electron chi connectivity index (χ2n) is 13.3. The summed E-state index contributed by atoms with van der Waals surface area (Å²) >= 11 is 0. The molecule has 0 bridgehead atoms. The molecule has 0 radical (unpaired) electrons. The molecule has 0 saturated carbocycles. The van der Waals surface area contributed by atoms with Gasteiger partial charge in [-0.1, -0.05) is 92.5 Å². The van der Waals surface area contributed by atoms with Crippen molar-refractivity contribution < 1.29 is 44.3 Å². The number of amides is 2. The zero-order valence-electron chi connectivity index (χ0n) is 30.4. The minimum atomic E-state index is -0.760. The Morgan fingerprint density at radius 1 is 0.692 bits per heavy atom. The van der Waals surface area contributed by atoms with Crippen LogP contribution in [-0.2, 0) is 19.2 Å². The highest BCUT2D eigenvalue weighted by Gasteiger charge is 2.29. The van der Waals surface area contributed by atoms with E-state index in [2.05, 4.69) is 0 Å². The smallest absolute Gasteiger partial charge is 0.303 e. The molecule has 11 nitrogen and oxygen atoms in total. The van der Waals surface area contributed by atoms with Crippen molar-refractivity contribution in [2.45, 2.75) is 114 Å². The molecule has 52 heavy (non-hydrogen) atoms. The SMILES string of the molecule is COc1cccc(C(O)/C=C/[C@H]2CCC(=O)N2CCCCCCC(=O)O)c1.O=C(O)CCCCCCN1C(=O)CC[C@@H]1/C=C/C(O)c1ccccc1. The fourth-order valence-corrected chi connectivity index (χ4v) is 6.48. The lowest BCUT2D eigenvalue weighted by Gasteiger charge is -2.22. The topological polar surface area (TPSA) is 165 Å². The molecule has 284 valence electrons. The van der Waals surface area contributed by atoms with E-state index < -0.39 is 24.1 Å². The van der Waals surface area contributed by atoms with Gasteiger partial charge < -0.3 is 35.0 Å². The van der Waals surface area contributed by atoms with Crippen LogP contribution in [0.5, 0.6) is 5.75 Å². The Hall–Kier alpha value is -4.48. The van der Waals surface area contributed by atoms with Crippen molar-refractivity contribution in [3.63, 3.8) is 0 Å². The average molecular weight is 721 g/mol. The first-order chi connectivity index (χ1) is 25.1. The molecule has 4 rings (SSSR count). The predicted molar refractivity (Wildman–Crippen MR) is 199 cm³/mol. The number of unbranched alkanes of at least 4 members (excludes halogenated alkanes) is 6. The van der Waals surface area contributed by atoms with Crippen molar-refractivity contribution in [3.8, 4) is 5.75 Å². The molecule has 2 saturated heterocycles. The zero-order chi connectivity index (χ0) is 37.7. The Labute approximate surface area is 307 Å². The van der Waals surface area contributed by atoms with E-state index in [0.717, 1.165) is 62.5 Å². The van der Waals surface area contributed by atoms with Crippen molar-refractivity contribution in [1.82, 2.24) is 9.80 Å². The summed E-state index contributed by atoms with van der Waals surface area (Å²) in [5, 5.41) is 37.8. The summed E-state index contributed by atoms with van der Waals surface area (Å²) in [6.45, 7) is 1.37. The van der Waals surface area contributed by atoms with Crippen molar-refractivity contribution in [2.24, 2.45) is 0 Å². The van der Waals surface area contributed by atoms with Gasteiger partial charge in [0, 0.05) is 38.8 Å². The summed E-state index contributed by atoms with van der Waals surface area (Å²) in [5.74, 6) is -0.512. The number of aliphatic carboxylic acids is 2. The van der Waals surface area contributed by atoms with Gasteiger partial charge in [-0.2, -0.15) is 0 Å². The van der Waals surface area contributed by atoms with E-state index in [1.54, 1.807) is 25.3 Å². The number of carboxylic acid groups (broad SMARTS) is 2. The lowest BCUT2D eigenvalue weighted by molar-refractivity contribution is -0.138. The Morgan fingerprint density at radius 3 is 1.63 bits per heavy atom. The molecule has 4 atom stereocenters. The Kier molecular flexibility index (Phi) is 18.7. The van der Waals surface area contributed by atoms with Gasteiger partial charge in [-0.15, -0.1) is 0 Å². The Morgan fingerprint density at radius 2 is 1.15 bits per heavy atom. The molecule has 2 aliphatic heterocycles. The van der Waals surface area contributed by atoms with Crippen molar-refractivity contribution >= 4 is 23.8 Å². The Bertz CT molecular complexity index is 1460. The van der Waals surface area contributed by atoms with Crippen LogP contribution in [0.3, 0.4) is 0 Å². The molecule has 4 N–H and O–H groups in total. The maximum Gasteiger partial charge on any atom is 0.303 e. The molecule has 2 amide bonds. The van der Waals surface area contributed by atoms with Gasteiger partial charge in [-0.25, -0.2) is 0 Å². The number of carbonyl (C=O) groups is 4. The van der Waals surface area contributed by atoms with E-state index in [0.29, 0.717) is 44.5 Å². The number of nitrogens with zero attached hydrogens (tertiary/aromatic N) is 2. The van der Waals surface area contributed by atoms with E-state index in [1.807, 2.05) is 70.5 Å². The number of rotatable bonds is 21. The van der Waals surface area contributed by atoms with Crippen LogP contribution in [0.15, 0.2) is 78.9 Å².